The number of aromatic nitrogens is 1. The molecular weight excluding hydrogens is 691 g/mol. The largest absolute Gasteiger partial charge is 0.308 e. The van der Waals surface area contributed by atoms with Gasteiger partial charge in [0.25, 0.3) is 0 Å². The summed E-state index contributed by atoms with van der Waals surface area (Å²) in [5.41, 5.74) is 17.9. The summed E-state index contributed by atoms with van der Waals surface area (Å²) in [6.45, 7) is 0. The van der Waals surface area contributed by atoms with E-state index in [2.05, 4.69) is 181 Å². The highest BCUT2D eigenvalue weighted by Gasteiger charge is 2.26. The molecule has 0 radical (unpaired) electrons. The van der Waals surface area contributed by atoms with Crippen molar-refractivity contribution in [2.24, 2.45) is 9.98 Å². The van der Waals surface area contributed by atoms with E-state index in [1.807, 2.05) is 36.4 Å². The summed E-state index contributed by atoms with van der Waals surface area (Å²) < 4.78 is 2.49. The van der Waals surface area contributed by atoms with Gasteiger partial charge in [0.1, 0.15) is 0 Å². The van der Waals surface area contributed by atoms with Crippen LogP contribution in [0.3, 0.4) is 0 Å². The predicted molar refractivity (Wildman–Crippen MR) is 239 cm³/mol. The SMILES string of the molecule is C1=C/C(c2ccc3c(c2)-c2ccccc2-c2cc(-c4ccccc4)cc4c5cc(-c6ccccc6)ccc5n-3c24)=NC(c2ccccc2)=N/C(c2ccccc2)=C/1. The fraction of sp³-hybridized carbons (Fsp3) is 0. The third-order valence-electron chi connectivity index (χ3n) is 11.2. The molecule has 9 aromatic rings. The number of rotatable bonds is 5. The zero-order chi connectivity index (χ0) is 37.7. The first kappa shape index (κ1) is 32.8. The van der Waals surface area contributed by atoms with E-state index in [4.69, 9.17) is 9.98 Å². The third kappa shape index (κ3) is 5.68. The van der Waals surface area contributed by atoms with Crippen LogP contribution in [0.5, 0.6) is 0 Å². The van der Waals surface area contributed by atoms with Gasteiger partial charge in [-0.2, -0.15) is 0 Å². The zero-order valence-corrected chi connectivity index (χ0v) is 31.0. The first-order valence-electron chi connectivity index (χ1n) is 19.4. The molecular formula is C54H35N3. The highest BCUT2D eigenvalue weighted by Crippen LogP contribution is 2.49. The van der Waals surface area contributed by atoms with Crippen LogP contribution in [0.1, 0.15) is 16.7 Å². The Bertz CT molecular complexity index is 3130. The molecule has 57 heavy (non-hydrogen) atoms. The van der Waals surface area contributed by atoms with Crippen molar-refractivity contribution in [3.8, 4) is 50.2 Å². The van der Waals surface area contributed by atoms with Gasteiger partial charge >= 0.3 is 0 Å². The highest BCUT2D eigenvalue weighted by molar-refractivity contribution is 6.21. The second kappa shape index (κ2) is 13.6. The molecule has 1 aromatic heterocycles. The third-order valence-corrected chi connectivity index (χ3v) is 11.2. The summed E-state index contributed by atoms with van der Waals surface area (Å²) in [6, 6.07) is 69.4. The van der Waals surface area contributed by atoms with Gasteiger partial charge in [-0.3, -0.25) is 0 Å². The van der Waals surface area contributed by atoms with Crippen molar-refractivity contribution < 1.29 is 0 Å². The van der Waals surface area contributed by atoms with Gasteiger partial charge in [0.05, 0.1) is 28.1 Å². The van der Waals surface area contributed by atoms with E-state index in [9.17, 15) is 0 Å². The molecule has 0 spiro atoms. The lowest BCUT2D eigenvalue weighted by molar-refractivity contribution is 1.19. The lowest BCUT2D eigenvalue weighted by Crippen LogP contribution is -2.07. The van der Waals surface area contributed by atoms with Crippen LogP contribution in [0.2, 0.25) is 0 Å². The average molecular weight is 726 g/mol. The van der Waals surface area contributed by atoms with Crippen molar-refractivity contribution in [1.82, 2.24) is 4.57 Å². The maximum absolute atomic E-state index is 5.31. The number of aliphatic imine (C=N–C) groups is 2. The Morgan fingerprint density at radius 2 is 0.930 bits per heavy atom. The molecule has 8 aromatic carbocycles. The van der Waals surface area contributed by atoms with Crippen LogP contribution in [-0.2, 0) is 0 Å². The Morgan fingerprint density at radius 3 is 1.63 bits per heavy atom. The Hall–Kier alpha value is -7.62. The highest BCUT2D eigenvalue weighted by atomic mass is 15.0. The first-order chi connectivity index (χ1) is 28.3. The molecule has 0 aliphatic carbocycles. The molecule has 3 nitrogen and oxygen atoms in total. The summed E-state index contributed by atoms with van der Waals surface area (Å²) in [7, 11) is 0. The molecule has 0 atom stereocenters. The number of allylic oxidation sites excluding steroid dienone is 3. The number of fused-ring (bicyclic) bond motifs is 8. The van der Waals surface area contributed by atoms with E-state index >= 15 is 0 Å². The quantitative estimate of drug-likeness (QED) is 0.169. The minimum absolute atomic E-state index is 0.675. The Labute approximate surface area is 331 Å². The van der Waals surface area contributed by atoms with E-state index in [0.717, 1.165) is 39.3 Å². The molecule has 11 rings (SSSR count). The molecule has 0 bridgehead atoms. The Kier molecular flexibility index (Phi) is 7.82. The summed E-state index contributed by atoms with van der Waals surface area (Å²) in [6.07, 6.45) is 6.26. The number of hydrogen-bond donors (Lipinski definition) is 0. The molecule has 2 aliphatic heterocycles. The fourth-order valence-corrected chi connectivity index (χ4v) is 8.47. The van der Waals surface area contributed by atoms with Crippen LogP contribution in [0.15, 0.2) is 222 Å². The second-order valence-electron chi connectivity index (χ2n) is 14.6. The van der Waals surface area contributed by atoms with Crippen LogP contribution in [0, 0.1) is 0 Å². The summed E-state index contributed by atoms with van der Waals surface area (Å²) in [5, 5.41) is 2.47. The predicted octanol–water partition coefficient (Wildman–Crippen LogP) is 13.6. The summed E-state index contributed by atoms with van der Waals surface area (Å²) >= 11 is 0. The number of nitrogens with zero attached hydrogens (tertiary/aromatic N) is 3. The van der Waals surface area contributed by atoms with E-state index in [0.29, 0.717) is 5.84 Å². The van der Waals surface area contributed by atoms with Gasteiger partial charge in [0.15, 0.2) is 5.84 Å². The Morgan fingerprint density at radius 1 is 0.368 bits per heavy atom. The normalized spacial score (nSPS) is 14.6. The first-order valence-corrected chi connectivity index (χ1v) is 19.4. The van der Waals surface area contributed by atoms with Crippen molar-refractivity contribution in [1.29, 1.82) is 0 Å². The van der Waals surface area contributed by atoms with Crippen LogP contribution >= 0.6 is 0 Å². The average Bonchev–Trinajstić information content (AvgIpc) is 3.54. The van der Waals surface area contributed by atoms with Gasteiger partial charge in [-0.25, -0.2) is 9.98 Å². The molecule has 0 fully saturated rings. The van der Waals surface area contributed by atoms with E-state index in [-0.39, 0.29) is 0 Å². The molecule has 3 heteroatoms. The summed E-state index contributed by atoms with van der Waals surface area (Å²) in [4.78, 5) is 10.5. The van der Waals surface area contributed by atoms with Gasteiger partial charge in [-0.1, -0.05) is 164 Å². The second-order valence-corrected chi connectivity index (χ2v) is 14.6. The molecule has 0 unspecified atom stereocenters. The van der Waals surface area contributed by atoms with Crippen molar-refractivity contribution >= 4 is 39.1 Å². The van der Waals surface area contributed by atoms with E-state index < -0.39 is 0 Å². The van der Waals surface area contributed by atoms with Gasteiger partial charge in [-0.15, -0.1) is 0 Å². The molecule has 0 saturated heterocycles. The molecule has 3 heterocycles. The van der Waals surface area contributed by atoms with Crippen LogP contribution in [-0.4, -0.2) is 16.1 Å². The number of amidine groups is 1. The molecule has 2 aliphatic rings. The van der Waals surface area contributed by atoms with Crippen LogP contribution in [0.4, 0.5) is 0 Å². The smallest absolute Gasteiger partial charge is 0.160 e. The maximum atomic E-state index is 5.31. The minimum atomic E-state index is 0.675. The molecule has 0 saturated carbocycles. The standard InChI is InChI=1S/C54H35N3/c1-5-16-36(17-6-1)40-28-30-52-46(32-40)48-35-42(37-18-7-2-8-19-37)34-47-44-25-14-13-24-43(44)45-33-41(29-31-51(45)57(52)53(47)48)50-27-15-26-49(38-20-9-3-10-21-38)55-54(56-50)39-22-11-4-12-23-39/h1-35H/b26-15?,27-15+,49-26+,50-27?,55-49?,55-54?,56-50?,56-54?. The minimum Gasteiger partial charge on any atom is -0.308 e. The van der Waals surface area contributed by atoms with Gasteiger partial charge < -0.3 is 4.57 Å². The maximum Gasteiger partial charge on any atom is 0.160 e. The van der Waals surface area contributed by atoms with Gasteiger partial charge in [0.2, 0.25) is 0 Å². The van der Waals surface area contributed by atoms with Crippen LogP contribution < -0.4 is 0 Å². The Balaban J connectivity index is 1.15. The topological polar surface area (TPSA) is 29.6 Å². The van der Waals surface area contributed by atoms with E-state index in [1.165, 1.54) is 60.8 Å². The van der Waals surface area contributed by atoms with Crippen LogP contribution in [0.25, 0.3) is 77.7 Å². The molecule has 0 N–H and O–H groups in total. The van der Waals surface area contributed by atoms with Crippen molar-refractivity contribution in [3.05, 3.63) is 229 Å². The number of hydrogen-bond acceptors (Lipinski definition) is 2. The van der Waals surface area contributed by atoms with Crippen molar-refractivity contribution in [2.45, 2.75) is 0 Å². The van der Waals surface area contributed by atoms with Crippen molar-refractivity contribution in [3.63, 3.8) is 0 Å². The van der Waals surface area contributed by atoms with Gasteiger partial charge in [0, 0.05) is 38.6 Å². The fourth-order valence-electron chi connectivity index (χ4n) is 8.47. The van der Waals surface area contributed by atoms with Gasteiger partial charge in [-0.05, 0) is 81.9 Å². The molecule has 0 amide bonds. The lowest BCUT2D eigenvalue weighted by atomic mass is 9.90. The number of benzene rings is 8. The zero-order valence-electron chi connectivity index (χ0n) is 31.0. The monoisotopic (exact) mass is 725 g/mol. The van der Waals surface area contributed by atoms with E-state index in [1.54, 1.807) is 0 Å². The molecule has 266 valence electrons. The lowest BCUT2D eigenvalue weighted by Gasteiger charge is -2.16. The summed E-state index contributed by atoms with van der Waals surface area (Å²) in [5.74, 6) is 0.675. The van der Waals surface area contributed by atoms with Crippen molar-refractivity contribution in [2.75, 3.05) is 0 Å².